The van der Waals surface area contributed by atoms with Crippen molar-refractivity contribution in [2.75, 3.05) is 7.05 Å². The Morgan fingerprint density at radius 1 is 0.976 bits per heavy atom. The fourth-order valence-electron chi connectivity index (χ4n) is 6.03. The van der Waals surface area contributed by atoms with Gasteiger partial charge in [-0.15, -0.1) is 6.58 Å². The summed E-state index contributed by atoms with van der Waals surface area (Å²) in [6.45, 7) is 25.8. The molecule has 0 spiro atoms. The molecular weight excluding hydrogens is 517 g/mol. The van der Waals surface area contributed by atoms with Crippen LogP contribution in [0.4, 0.5) is 4.39 Å². The highest BCUT2D eigenvalue weighted by Gasteiger charge is 2.46. The summed E-state index contributed by atoms with van der Waals surface area (Å²) >= 11 is 0. The van der Waals surface area contributed by atoms with Gasteiger partial charge in [0.25, 0.3) is 0 Å². The van der Waals surface area contributed by atoms with Crippen molar-refractivity contribution in [1.82, 2.24) is 0 Å². The lowest BCUT2D eigenvalue weighted by Crippen LogP contribution is -2.33. The molecule has 0 radical (unpaired) electrons. The van der Waals surface area contributed by atoms with Gasteiger partial charge in [-0.2, -0.15) is 0 Å². The van der Waals surface area contributed by atoms with Crippen molar-refractivity contribution in [2.24, 2.45) is 17.1 Å². The molecule has 3 unspecified atom stereocenters. The second-order valence-corrected chi connectivity index (χ2v) is 11.2. The third-order valence-corrected chi connectivity index (χ3v) is 8.72. The monoisotopic (exact) mass is 575 g/mol. The van der Waals surface area contributed by atoms with Crippen LogP contribution in [-0.2, 0) is 16.8 Å². The number of hydrogen-bond acceptors (Lipinski definition) is 2. The van der Waals surface area contributed by atoms with Gasteiger partial charge in [-0.25, -0.2) is 4.39 Å². The summed E-state index contributed by atoms with van der Waals surface area (Å²) in [7, 11) is 1.50. The van der Waals surface area contributed by atoms with Crippen molar-refractivity contribution in [1.29, 1.82) is 0 Å². The largest absolute Gasteiger partial charge is 0.373 e. The highest BCUT2D eigenvalue weighted by molar-refractivity contribution is 5.44. The number of allylic oxidation sites excluding steroid dienone is 5. The summed E-state index contributed by atoms with van der Waals surface area (Å²) in [6.07, 6.45) is 12.8. The molecule has 2 N–H and O–H groups in total. The third-order valence-electron chi connectivity index (χ3n) is 8.72. The first-order chi connectivity index (χ1) is 20.2. The van der Waals surface area contributed by atoms with Crippen molar-refractivity contribution in [3.05, 3.63) is 119 Å². The molecule has 0 aromatic heterocycles. The molecule has 0 amide bonds. The summed E-state index contributed by atoms with van der Waals surface area (Å²) in [5, 5.41) is 0. The van der Waals surface area contributed by atoms with Gasteiger partial charge in [-0.05, 0) is 93.3 Å². The molecule has 2 saturated carbocycles. The lowest BCUT2D eigenvalue weighted by Gasteiger charge is -2.37. The van der Waals surface area contributed by atoms with Crippen LogP contribution in [-0.4, -0.2) is 13.2 Å². The van der Waals surface area contributed by atoms with E-state index in [4.69, 9.17) is 4.74 Å². The standard InChI is InChI=1S/C27H34O.C7H7F.2C2H6.CH5N/c1-6-20-17-27(5)23(16-19(20)3)14-15-25(27)28-18-21-10-8-9-11-24(21)26(4,7-2)22-12-13-22;1-6-2-4-7(8)5-3-6;3*1-2/h6-11,16,22,25H,1-2,12-15,17-18H2,3-5H3;2-5H,1H3;2*1-2H3;2H2,1H3. The maximum absolute atomic E-state index is 12.1. The van der Waals surface area contributed by atoms with Crippen LogP contribution in [0, 0.1) is 24.1 Å². The van der Waals surface area contributed by atoms with Crippen LogP contribution in [0.25, 0.3) is 0 Å². The number of hydrogen-bond donors (Lipinski definition) is 1. The zero-order valence-electron chi connectivity index (χ0n) is 28.0. The smallest absolute Gasteiger partial charge is 0.123 e. The van der Waals surface area contributed by atoms with Crippen molar-refractivity contribution in [3.63, 3.8) is 0 Å². The third kappa shape index (κ3) is 9.12. The van der Waals surface area contributed by atoms with Gasteiger partial charge in [0, 0.05) is 10.8 Å². The van der Waals surface area contributed by atoms with Crippen LogP contribution in [0.2, 0.25) is 0 Å². The first-order valence-corrected chi connectivity index (χ1v) is 15.9. The molecule has 0 bridgehead atoms. The normalized spacial score (nSPS) is 21.6. The minimum atomic E-state index is -0.171. The summed E-state index contributed by atoms with van der Waals surface area (Å²) in [5.41, 5.74) is 12.8. The fourth-order valence-corrected chi connectivity index (χ4v) is 6.03. The van der Waals surface area contributed by atoms with Crippen LogP contribution < -0.4 is 5.73 Å². The van der Waals surface area contributed by atoms with E-state index in [1.54, 1.807) is 17.7 Å². The van der Waals surface area contributed by atoms with E-state index in [0.717, 1.165) is 30.7 Å². The molecule has 2 nitrogen and oxygen atoms in total. The zero-order valence-corrected chi connectivity index (χ0v) is 28.0. The number of rotatable bonds is 7. The summed E-state index contributed by atoms with van der Waals surface area (Å²) in [6, 6.07) is 15.2. The molecule has 42 heavy (non-hydrogen) atoms. The molecule has 2 fully saturated rings. The van der Waals surface area contributed by atoms with Crippen LogP contribution in [0.15, 0.2) is 96.6 Å². The van der Waals surface area contributed by atoms with E-state index < -0.39 is 0 Å². The molecule has 5 rings (SSSR count). The highest BCUT2D eigenvalue weighted by atomic mass is 19.1. The second-order valence-electron chi connectivity index (χ2n) is 11.2. The van der Waals surface area contributed by atoms with Crippen LogP contribution in [0.1, 0.15) is 97.3 Å². The maximum Gasteiger partial charge on any atom is 0.123 e. The van der Waals surface area contributed by atoms with Crippen LogP contribution in [0.3, 0.4) is 0 Å². The SMILES string of the molecule is C=CC1=C(C)C=C2CCC(OCc3ccccc3C(C)(C=C)C3CC3)C2(C)C1.CC.CC.CN.Cc1ccc(F)cc1. The Morgan fingerprint density at radius 2 is 1.57 bits per heavy atom. The van der Waals surface area contributed by atoms with Crippen molar-refractivity contribution in [2.45, 2.75) is 106 Å². The molecular formula is C39H58FNO. The summed E-state index contributed by atoms with van der Waals surface area (Å²) < 4.78 is 18.7. The highest BCUT2D eigenvalue weighted by Crippen LogP contribution is 2.53. The molecule has 3 atom stereocenters. The van der Waals surface area contributed by atoms with Gasteiger partial charge in [0.15, 0.2) is 0 Å². The number of aryl methyl sites for hydroxylation is 1. The minimum Gasteiger partial charge on any atom is -0.373 e. The molecule has 0 heterocycles. The topological polar surface area (TPSA) is 35.2 Å². The number of fused-ring (bicyclic) bond motifs is 1. The lowest BCUT2D eigenvalue weighted by atomic mass is 9.72. The van der Waals surface area contributed by atoms with Crippen molar-refractivity contribution in [3.8, 4) is 0 Å². The van der Waals surface area contributed by atoms with Gasteiger partial charge < -0.3 is 10.5 Å². The Morgan fingerprint density at radius 3 is 2.10 bits per heavy atom. The summed E-state index contributed by atoms with van der Waals surface area (Å²) in [5.74, 6) is 0.557. The molecule has 2 aromatic carbocycles. The van der Waals surface area contributed by atoms with Gasteiger partial charge in [0.05, 0.1) is 12.7 Å². The van der Waals surface area contributed by atoms with Gasteiger partial charge in [-0.3, -0.25) is 0 Å². The van der Waals surface area contributed by atoms with E-state index in [0.29, 0.717) is 6.61 Å². The van der Waals surface area contributed by atoms with Crippen LogP contribution >= 0.6 is 0 Å². The number of benzene rings is 2. The average Bonchev–Trinajstić information content (AvgIpc) is 3.85. The van der Waals surface area contributed by atoms with E-state index in [9.17, 15) is 4.39 Å². The Hall–Kier alpha value is -2.75. The Bertz CT molecular complexity index is 1150. The van der Waals surface area contributed by atoms with Crippen molar-refractivity contribution >= 4 is 0 Å². The van der Waals surface area contributed by atoms with E-state index in [-0.39, 0.29) is 22.8 Å². The van der Waals surface area contributed by atoms with Gasteiger partial charge in [0.1, 0.15) is 5.82 Å². The average molecular weight is 576 g/mol. The van der Waals surface area contributed by atoms with Gasteiger partial charge in [0.2, 0.25) is 0 Å². The Kier molecular flexibility index (Phi) is 16.0. The summed E-state index contributed by atoms with van der Waals surface area (Å²) in [4.78, 5) is 0. The number of ether oxygens (including phenoxy) is 1. The Labute approximate surface area is 257 Å². The molecule has 0 saturated heterocycles. The number of halogens is 1. The molecule has 3 aliphatic carbocycles. The molecule has 232 valence electrons. The van der Waals surface area contributed by atoms with E-state index in [2.05, 4.69) is 76.1 Å². The minimum absolute atomic E-state index is 0.0608. The molecule has 2 aromatic rings. The van der Waals surface area contributed by atoms with E-state index >= 15 is 0 Å². The molecule has 3 heteroatoms. The van der Waals surface area contributed by atoms with E-state index in [1.165, 1.54) is 54.3 Å². The predicted octanol–water partition coefficient (Wildman–Crippen LogP) is 10.8. The van der Waals surface area contributed by atoms with Crippen molar-refractivity contribution < 1.29 is 9.13 Å². The number of nitrogens with two attached hydrogens (primary N) is 1. The Balaban J connectivity index is 0.000000530. The second kappa shape index (κ2) is 18.0. The van der Waals surface area contributed by atoms with E-state index in [1.807, 2.05) is 40.7 Å². The van der Waals surface area contributed by atoms with Crippen LogP contribution in [0.5, 0.6) is 0 Å². The first-order valence-electron chi connectivity index (χ1n) is 15.9. The molecule has 0 aliphatic heterocycles. The van der Waals surface area contributed by atoms with Gasteiger partial charge in [-0.1, -0.05) is 114 Å². The first kappa shape index (κ1) is 37.3. The molecule has 3 aliphatic rings. The maximum atomic E-state index is 12.1. The quantitative estimate of drug-likeness (QED) is 0.333. The zero-order chi connectivity index (χ0) is 31.9. The lowest BCUT2D eigenvalue weighted by molar-refractivity contribution is -0.0144. The fraction of sp³-hybridized carbons (Fsp3) is 0.487. The predicted molar refractivity (Wildman–Crippen MR) is 182 cm³/mol. The van der Waals surface area contributed by atoms with Gasteiger partial charge >= 0.3 is 0 Å².